The molecule has 2 rings (SSSR count). The molecule has 0 saturated carbocycles. The zero-order valence-electron chi connectivity index (χ0n) is 15.5. The molecule has 0 aliphatic carbocycles. The lowest BCUT2D eigenvalue weighted by atomic mass is 10.2. The van der Waals surface area contributed by atoms with Crippen molar-refractivity contribution in [2.75, 3.05) is 14.1 Å². The van der Waals surface area contributed by atoms with E-state index in [1.807, 2.05) is 30.3 Å². The highest BCUT2D eigenvalue weighted by Crippen LogP contribution is 2.14. The Bertz CT molecular complexity index is 894. The zero-order valence-corrected chi connectivity index (χ0v) is 16.3. The van der Waals surface area contributed by atoms with Crippen LogP contribution in [-0.2, 0) is 21.4 Å². The summed E-state index contributed by atoms with van der Waals surface area (Å²) in [5.74, 6) is -0.759. The summed E-state index contributed by atoms with van der Waals surface area (Å²) < 4.78 is 25.2. The van der Waals surface area contributed by atoms with Gasteiger partial charge >= 0.3 is 0 Å². The molecule has 0 heterocycles. The molecule has 0 aliphatic rings. The van der Waals surface area contributed by atoms with Crippen LogP contribution < -0.4 is 10.6 Å². The van der Waals surface area contributed by atoms with Crippen molar-refractivity contribution in [3.8, 4) is 0 Å². The molecule has 0 bridgehead atoms. The highest BCUT2D eigenvalue weighted by molar-refractivity contribution is 7.89. The highest BCUT2D eigenvalue weighted by atomic mass is 32.2. The van der Waals surface area contributed by atoms with Crippen LogP contribution in [0.2, 0.25) is 0 Å². The van der Waals surface area contributed by atoms with Crippen LogP contribution in [0.1, 0.15) is 22.8 Å². The molecular weight excluding hydrogens is 366 g/mol. The molecule has 1 atom stereocenters. The number of hydrogen-bond donors (Lipinski definition) is 2. The molecular formula is C19H23N3O4S. The van der Waals surface area contributed by atoms with E-state index in [2.05, 4.69) is 10.6 Å². The van der Waals surface area contributed by atoms with Crippen molar-refractivity contribution in [1.29, 1.82) is 0 Å². The second kappa shape index (κ2) is 8.79. The molecule has 2 aromatic rings. The first kappa shape index (κ1) is 20.6. The summed E-state index contributed by atoms with van der Waals surface area (Å²) in [6.07, 6.45) is 0. The largest absolute Gasteiger partial charge is 0.350 e. The summed E-state index contributed by atoms with van der Waals surface area (Å²) in [7, 11) is -0.680. The monoisotopic (exact) mass is 389 g/mol. The van der Waals surface area contributed by atoms with E-state index in [9.17, 15) is 18.0 Å². The molecule has 0 saturated heterocycles. The van der Waals surface area contributed by atoms with Crippen molar-refractivity contribution in [3.05, 3.63) is 65.7 Å². The van der Waals surface area contributed by atoms with E-state index in [1.165, 1.54) is 38.4 Å². The van der Waals surface area contributed by atoms with Gasteiger partial charge in [-0.05, 0) is 36.8 Å². The number of carbonyl (C=O) groups is 2. The van der Waals surface area contributed by atoms with E-state index < -0.39 is 22.0 Å². The van der Waals surface area contributed by atoms with Gasteiger partial charge in [-0.25, -0.2) is 12.7 Å². The molecule has 0 radical (unpaired) electrons. The smallest absolute Gasteiger partial charge is 0.251 e. The number of hydrogen-bond acceptors (Lipinski definition) is 4. The molecule has 0 fully saturated rings. The van der Waals surface area contributed by atoms with Crippen LogP contribution in [0.4, 0.5) is 0 Å². The van der Waals surface area contributed by atoms with Gasteiger partial charge in [0.15, 0.2) is 0 Å². The van der Waals surface area contributed by atoms with Crippen LogP contribution in [0.15, 0.2) is 59.5 Å². The average Bonchev–Trinajstić information content (AvgIpc) is 2.66. The average molecular weight is 389 g/mol. The highest BCUT2D eigenvalue weighted by Gasteiger charge is 2.19. The van der Waals surface area contributed by atoms with Crippen molar-refractivity contribution < 1.29 is 18.0 Å². The van der Waals surface area contributed by atoms with Gasteiger partial charge in [-0.15, -0.1) is 0 Å². The first-order chi connectivity index (χ1) is 12.7. The lowest BCUT2D eigenvalue weighted by Crippen LogP contribution is -2.44. The maximum atomic E-state index is 12.3. The Morgan fingerprint density at radius 2 is 1.59 bits per heavy atom. The minimum absolute atomic E-state index is 0.0951. The second-order valence-electron chi connectivity index (χ2n) is 6.21. The summed E-state index contributed by atoms with van der Waals surface area (Å²) in [6.45, 7) is 1.96. The number of benzene rings is 2. The fraction of sp³-hybridized carbons (Fsp3) is 0.263. The molecule has 144 valence electrons. The van der Waals surface area contributed by atoms with Crippen LogP contribution in [0.3, 0.4) is 0 Å². The van der Waals surface area contributed by atoms with Crippen molar-refractivity contribution in [1.82, 2.24) is 14.9 Å². The fourth-order valence-corrected chi connectivity index (χ4v) is 3.17. The predicted molar refractivity (Wildman–Crippen MR) is 103 cm³/mol. The summed E-state index contributed by atoms with van der Waals surface area (Å²) in [5.41, 5.74) is 1.23. The van der Waals surface area contributed by atoms with Crippen LogP contribution in [0, 0.1) is 0 Å². The third-order valence-electron chi connectivity index (χ3n) is 3.95. The third kappa shape index (κ3) is 5.38. The minimum atomic E-state index is -3.55. The van der Waals surface area contributed by atoms with Crippen LogP contribution in [0.25, 0.3) is 0 Å². The molecule has 2 amide bonds. The van der Waals surface area contributed by atoms with Crippen LogP contribution >= 0.6 is 0 Å². The number of carbonyl (C=O) groups excluding carboxylic acids is 2. The van der Waals surface area contributed by atoms with E-state index in [1.54, 1.807) is 6.92 Å². The fourth-order valence-electron chi connectivity index (χ4n) is 2.27. The molecule has 0 aromatic heterocycles. The van der Waals surface area contributed by atoms with Crippen molar-refractivity contribution in [2.24, 2.45) is 0 Å². The van der Waals surface area contributed by atoms with E-state index in [-0.39, 0.29) is 16.4 Å². The van der Waals surface area contributed by atoms with Gasteiger partial charge in [0, 0.05) is 26.2 Å². The van der Waals surface area contributed by atoms with Crippen molar-refractivity contribution in [2.45, 2.75) is 24.4 Å². The number of amides is 2. The Kier molecular flexibility index (Phi) is 6.70. The van der Waals surface area contributed by atoms with Crippen molar-refractivity contribution >= 4 is 21.8 Å². The number of rotatable bonds is 7. The van der Waals surface area contributed by atoms with Crippen LogP contribution in [0.5, 0.6) is 0 Å². The Morgan fingerprint density at radius 1 is 1.00 bits per heavy atom. The predicted octanol–water partition coefficient (Wildman–Crippen LogP) is 1.37. The lowest BCUT2D eigenvalue weighted by Gasteiger charge is -2.15. The van der Waals surface area contributed by atoms with Gasteiger partial charge in [-0.2, -0.15) is 0 Å². The van der Waals surface area contributed by atoms with E-state index in [4.69, 9.17) is 0 Å². The summed E-state index contributed by atoms with van der Waals surface area (Å²) in [4.78, 5) is 24.5. The topological polar surface area (TPSA) is 95.6 Å². The minimum Gasteiger partial charge on any atom is -0.350 e. The summed E-state index contributed by atoms with van der Waals surface area (Å²) in [5, 5.41) is 5.36. The number of nitrogens with zero attached hydrogens (tertiary/aromatic N) is 1. The Hall–Kier alpha value is -2.71. The first-order valence-electron chi connectivity index (χ1n) is 8.37. The van der Waals surface area contributed by atoms with Gasteiger partial charge in [0.1, 0.15) is 6.04 Å². The van der Waals surface area contributed by atoms with Gasteiger partial charge in [-0.3, -0.25) is 9.59 Å². The van der Waals surface area contributed by atoms with Gasteiger partial charge in [0.05, 0.1) is 4.90 Å². The molecule has 27 heavy (non-hydrogen) atoms. The lowest BCUT2D eigenvalue weighted by molar-refractivity contribution is -0.122. The van der Waals surface area contributed by atoms with Crippen LogP contribution in [-0.4, -0.2) is 44.7 Å². The first-order valence-corrected chi connectivity index (χ1v) is 9.81. The SMILES string of the molecule is CC(NC(=O)c1ccc(S(=O)(=O)N(C)C)cc1)C(=O)NCc1ccccc1. The molecule has 2 aromatic carbocycles. The summed E-state index contributed by atoms with van der Waals surface area (Å²) >= 11 is 0. The quantitative estimate of drug-likeness (QED) is 0.748. The summed E-state index contributed by atoms with van der Waals surface area (Å²) in [6, 6.07) is 14.3. The van der Waals surface area contributed by atoms with E-state index >= 15 is 0 Å². The maximum Gasteiger partial charge on any atom is 0.251 e. The van der Waals surface area contributed by atoms with Gasteiger partial charge in [-0.1, -0.05) is 30.3 Å². The molecule has 8 heteroatoms. The molecule has 2 N–H and O–H groups in total. The van der Waals surface area contributed by atoms with Gasteiger partial charge in [0.2, 0.25) is 15.9 Å². The number of sulfonamides is 1. The molecule has 7 nitrogen and oxygen atoms in total. The normalized spacial score (nSPS) is 12.4. The molecule has 0 aliphatic heterocycles. The van der Waals surface area contributed by atoms with Gasteiger partial charge in [0.25, 0.3) is 5.91 Å². The zero-order chi connectivity index (χ0) is 20.0. The van der Waals surface area contributed by atoms with E-state index in [0.29, 0.717) is 6.54 Å². The Labute approximate surface area is 159 Å². The van der Waals surface area contributed by atoms with E-state index in [0.717, 1.165) is 9.87 Å². The Balaban J connectivity index is 1.94. The standard InChI is InChI=1S/C19H23N3O4S/c1-14(18(23)20-13-15-7-5-4-6-8-15)21-19(24)16-9-11-17(12-10-16)27(25,26)22(2)3/h4-12,14H,13H2,1-3H3,(H,20,23)(H,21,24). The van der Waals surface area contributed by atoms with Gasteiger partial charge < -0.3 is 10.6 Å². The molecule has 1 unspecified atom stereocenters. The maximum absolute atomic E-state index is 12.3. The second-order valence-corrected chi connectivity index (χ2v) is 8.36. The number of nitrogens with one attached hydrogen (secondary N) is 2. The molecule has 0 spiro atoms. The van der Waals surface area contributed by atoms with Crippen molar-refractivity contribution in [3.63, 3.8) is 0 Å². The third-order valence-corrected chi connectivity index (χ3v) is 5.77. The Morgan fingerprint density at radius 3 is 2.15 bits per heavy atom.